The van der Waals surface area contributed by atoms with Crippen LogP contribution in [0.3, 0.4) is 0 Å². The van der Waals surface area contributed by atoms with E-state index in [9.17, 15) is 4.39 Å². The second-order valence-corrected chi connectivity index (χ2v) is 9.45. The highest BCUT2D eigenvalue weighted by Crippen LogP contribution is 2.40. The van der Waals surface area contributed by atoms with Gasteiger partial charge >= 0.3 is 0 Å². The van der Waals surface area contributed by atoms with Crippen molar-refractivity contribution in [2.75, 3.05) is 13.2 Å². The lowest BCUT2D eigenvalue weighted by Gasteiger charge is -2.35. The van der Waals surface area contributed by atoms with Crippen molar-refractivity contribution in [2.45, 2.75) is 77.6 Å². The lowest BCUT2D eigenvalue weighted by molar-refractivity contribution is 0.184. The SMILES string of the molecule is CCCC1CCC(C2CC=C(COc3ccc(OCC4CC4)c(F)n3)CC2)CC1. The number of halogens is 1. The molecule has 0 aromatic carbocycles. The summed E-state index contributed by atoms with van der Waals surface area (Å²) in [6.45, 7) is 3.42. The monoisotopic (exact) mass is 401 g/mol. The zero-order valence-corrected chi connectivity index (χ0v) is 17.9. The van der Waals surface area contributed by atoms with Gasteiger partial charge in [0.2, 0.25) is 5.88 Å². The van der Waals surface area contributed by atoms with Gasteiger partial charge in [0.15, 0.2) is 5.75 Å². The molecule has 0 aliphatic heterocycles. The maximum absolute atomic E-state index is 14.1. The van der Waals surface area contributed by atoms with Gasteiger partial charge in [-0.25, -0.2) is 0 Å². The fourth-order valence-electron chi connectivity index (χ4n) is 5.08. The van der Waals surface area contributed by atoms with Crippen molar-refractivity contribution in [3.05, 3.63) is 29.7 Å². The fraction of sp³-hybridized carbons (Fsp3) is 0.720. The largest absolute Gasteiger partial charge is 0.488 e. The first-order valence-electron chi connectivity index (χ1n) is 11.8. The van der Waals surface area contributed by atoms with Gasteiger partial charge in [0.05, 0.1) is 6.61 Å². The van der Waals surface area contributed by atoms with E-state index in [0.717, 1.165) is 24.2 Å². The van der Waals surface area contributed by atoms with Gasteiger partial charge in [0.1, 0.15) is 6.61 Å². The van der Waals surface area contributed by atoms with E-state index < -0.39 is 5.95 Å². The number of rotatable bonds is 9. The molecule has 0 radical (unpaired) electrons. The van der Waals surface area contributed by atoms with Crippen LogP contribution >= 0.6 is 0 Å². The van der Waals surface area contributed by atoms with E-state index >= 15 is 0 Å². The molecule has 0 amide bonds. The van der Waals surface area contributed by atoms with Gasteiger partial charge in [-0.3, -0.25) is 0 Å². The molecule has 1 unspecified atom stereocenters. The van der Waals surface area contributed by atoms with E-state index in [1.54, 1.807) is 12.1 Å². The summed E-state index contributed by atoms with van der Waals surface area (Å²) in [6.07, 6.45) is 16.8. The summed E-state index contributed by atoms with van der Waals surface area (Å²) in [5.41, 5.74) is 1.33. The van der Waals surface area contributed by atoms with Crippen LogP contribution in [0.5, 0.6) is 11.6 Å². The molecule has 2 fully saturated rings. The van der Waals surface area contributed by atoms with E-state index in [4.69, 9.17) is 9.47 Å². The predicted molar refractivity (Wildman–Crippen MR) is 114 cm³/mol. The molecular weight excluding hydrogens is 365 g/mol. The Morgan fingerprint density at radius 1 is 0.966 bits per heavy atom. The molecule has 2 saturated carbocycles. The molecule has 3 aliphatic carbocycles. The Morgan fingerprint density at radius 2 is 1.76 bits per heavy atom. The first kappa shape index (κ1) is 20.7. The van der Waals surface area contributed by atoms with Crippen LogP contribution in [0.1, 0.15) is 77.6 Å². The van der Waals surface area contributed by atoms with Crippen molar-refractivity contribution in [3.63, 3.8) is 0 Å². The van der Waals surface area contributed by atoms with Crippen LogP contribution in [0.15, 0.2) is 23.8 Å². The molecule has 3 nitrogen and oxygen atoms in total. The third-order valence-corrected chi connectivity index (χ3v) is 7.17. The first-order chi connectivity index (χ1) is 14.2. The normalized spacial score (nSPS) is 27.4. The Bertz CT molecular complexity index is 692. The minimum Gasteiger partial charge on any atom is -0.488 e. The van der Waals surface area contributed by atoms with Crippen LogP contribution in [0.2, 0.25) is 0 Å². The summed E-state index contributed by atoms with van der Waals surface area (Å²) < 4.78 is 25.3. The van der Waals surface area contributed by atoms with Crippen LogP contribution in [-0.4, -0.2) is 18.2 Å². The van der Waals surface area contributed by atoms with Gasteiger partial charge in [-0.1, -0.05) is 38.7 Å². The lowest BCUT2D eigenvalue weighted by atomic mass is 9.71. The molecule has 4 heteroatoms. The Balaban J connectivity index is 1.20. The Kier molecular flexibility index (Phi) is 7.10. The van der Waals surface area contributed by atoms with Gasteiger partial charge in [-0.05, 0) is 80.3 Å². The van der Waals surface area contributed by atoms with E-state index in [1.165, 1.54) is 69.8 Å². The van der Waals surface area contributed by atoms with Gasteiger partial charge < -0.3 is 9.47 Å². The molecular formula is C25H36FNO2. The van der Waals surface area contributed by atoms with Gasteiger partial charge in [0.25, 0.3) is 5.95 Å². The third kappa shape index (κ3) is 5.96. The molecule has 0 N–H and O–H groups in total. The van der Waals surface area contributed by atoms with Crippen molar-refractivity contribution in [1.29, 1.82) is 0 Å². The van der Waals surface area contributed by atoms with Gasteiger partial charge in [-0.15, -0.1) is 0 Å². The Labute approximate surface area is 175 Å². The topological polar surface area (TPSA) is 31.4 Å². The molecule has 0 bridgehead atoms. The van der Waals surface area contributed by atoms with Gasteiger partial charge in [0, 0.05) is 6.07 Å². The second-order valence-electron chi connectivity index (χ2n) is 9.45. The zero-order valence-electron chi connectivity index (χ0n) is 17.9. The smallest absolute Gasteiger partial charge is 0.258 e. The summed E-state index contributed by atoms with van der Waals surface area (Å²) in [5, 5.41) is 0. The molecule has 1 aromatic rings. The molecule has 0 spiro atoms. The van der Waals surface area contributed by atoms with Crippen LogP contribution in [0.25, 0.3) is 0 Å². The number of hydrogen-bond acceptors (Lipinski definition) is 3. The van der Waals surface area contributed by atoms with Gasteiger partial charge in [-0.2, -0.15) is 9.37 Å². The summed E-state index contributed by atoms with van der Waals surface area (Å²) in [7, 11) is 0. The maximum Gasteiger partial charge on any atom is 0.258 e. The second kappa shape index (κ2) is 9.95. The average molecular weight is 402 g/mol. The first-order valence-corrected chi connectivity index (χ1v) is 11.8. The summed E-state index contributed by atoms with van der Waals surface area (Å²) in [6, 6.07) is 3.35. The van der Waals surface area contributed by atoms with Crippen LogP contribution in [0, 0.1) is 29.6 Å². The van der Waals surface area contributed by atoms with E-state index in [1.807, 2.05) is 0 Å². The molecule has 4 rings (SSSR count). The van der Waals surface area contributed by atoms with Crippen molar-refractivity contribution >= 4 is 0 Å². The maximum atomic E-state index is 14.1. The number of aromatic nitrogens is 1. The number of pyridine rings is 1. The summed E-state index contributed by atoms with van der Waals surface area (Å²) in [4.78, 5) is 3.93. The Hall–Kier alpha value is -1.58. The number of nitrogens with zero attached hydrogens (tertiary/aromatic N) is 1. The van der Waals surface area contributed by atoms with E-state index in [2.05, 4.69) is 18.0 Å². The summed E-state index contributed by atoms with van der Waals surface area (Å²) >= 11 is 0. The fourth-order valence-corrected chi connectivity index (χ4v) is 5.08. The lowest BCUT2D eigenvalue weighted by Crippen LogP contribution is -2.23. The van der Waals surface area contributed by atoms with Crippen molar-refractivity contribution in [1.82, 2.24) is 4.98 Å². The van der Waals surface area contributed by atoms with Crippen LogP contribution < -0.4 is 9.47 Å². The Morgan fingerprint density at radius 3 is 2.41 bits per heavy atom. The highest BCUT2D eigenvalue weighted by molar-refractivity contribution is 5.25. The minimum absolute atomic E-state index is 0.234. The quantitative estimate of drug-likeness (QED) is 0.340. The molecule has 1 atom stereocenters. The van der Waals surface area contributed by atoms with Crippen molar-refractivity contribution < 1.29 is 13.9 Å². The zero-order chi connectivity index (χ0) is 20.1. The standard InChI is InChI=1S/C25H36FNO2/c1-2-3-18-6-10-21(11-7-18)22-12-8-20(9-13-22)17-29-24-15-14-23(25(26)27-24)28-16-19-4-5-19/h8,14-15,18-19,21-22H,2-7,9-13,16-17H2,1H3. The molecule has 1 aromatic heterocycles. The molecule has 0 saturated heterocycles. The number of ether oxygens (including phenoxy) is 2. The average Bonchev–Trinajstić information content (AvgIpc) is 3.57. The molecule has 160 valence electrons. The predicted octanol–water partition coefficient (Wildman–Crippen LogP) is 6.72. The highest BCUT2D eigenvalue weighted by Gasteiger charge is 2.28. The molecule has 1 heterocycles. The third-order valence-electron chi connectivity index (χ3n) is 7.17. The molecule has 29 heavy (non-hydrogen) atoms. The number of hydrogen-bond donors (Lipinski definition) is 0. The van der Waals surface area contributed by atoms with E-state index in [-0.39, 0.29) is 5.75 Å². The van der Waals surface area contributed by atoms with Crippen LogP contribution in [-0.2, 0) is 0 Å². The van der Waals surface area contributed by atoms with Crippen LogP contribution in [0.4, 0.5) is 4.39 Å². The van der Waals surface area contributed by atoms with Crippen molar-refractivity contribution in [3.8, 4) is 11.6 Å². The highest BCUT2D eigenvalue weighted by atomic mass is 19.1. The minimum atomic E-state index is -0.570. The van der Waals surface area contributed by atoms with Crippen molar-refractivity contribution in [2.24, 2.45) is 23.7 Å². The van der Waals surface area contributed by atoms with E-state index in [0.29, 0.717) is 25.0 Å². The number of allylic oxidation sites excluding steroid dienone is 1. The summed E-state index contributed by atoms with van der Waals surface area (Å²) in [5.74, 6) is 3.35. The molecule has 3 aliphatic rings.